The first-order valence-corrected chi connectivity index (χ1v) is 12.5. The monoisotopic (exact) mass is 497 g/mol. The normalized spacial score (nSPS) is 10.9. The van der Waals surface area contributed by atoms with E-state index in [1.807, 2.05) is 36.6 Å². The van der Waals surface area contributed by atoms with Crippen LogP contribution in [-0.4, -0.2) is 51.9 Å². The highest BCUT2D eigenvalue weighted by molar-refractivity contribution is 7.99. The van der Waals surface area contributed by atoms with Crippen molar-refractivity contribution in [3.05, 3.63) is 64.4 Å². The van der Waals surface area contributed by atoms with Crippen LogP contribution < -0.4 is 20.3 Å². The van der Waals surface area contributed by atoms with Gasteiger partial charge < -0.3 is 14.8 Å². The average molecular weight is 498 g/mol. The molecule has 176 valence electrons. The van der Waals surface area contributed by atoms with Gasteiger partial charge in [0.15, 0.2) is 11.5 Å². The van der Waals surface area contributed by atoms with Gasteiger partial charge in [-0.1, -0.05) is 23.9 Å². The summed E-state index contributed by atoms with van der Waals surface area (Å²) in [5.74, 6) is 1.13. The number of hydrogen-bond acceptors (Lipinski definition) is 8. The topological polar surface area (TPSA) is 111 Å². The number of amides is 1. The number of thioether (sulfide) groups is 2. The zero-order valence-electron chi connectivity index (χ0n) is 18.8. The quantitative estimate of drug-likeness (QED) is 0.339. The first-order valence-electron chi connectivity index (χ1n) is 10.3. The molecule has 0 aliphatic rings. The van der Waals surface area contributed by atoms with Crippen molar-refractivity contribution < 1.29 is 14.3 Å². The van der Waals surface area contributed by atoms with Crippen LogP contribution in [0.3, 0.4) is 0 Å². The Hall–Kier alpha value is -3.44. The summed E-state index contributed by atoms with van der Waals surface area (Å²) < 4.78 is 12.1. The van der Waals surface area contributed by atoms with Crippen LogP contribution in [0.1, 0.15) is 5.56 Å². The first-order chi connectivity index (χ1) is 16.5. The Balaban J connectivity index is 1.48. The molecule has 2 aromatic carbocycles. The Kier molecular flexibility index (Phi) is 7.43. The highest BCUT2D eigenvalue weighted by Crippen LogP contribution is 2.32. The largest absolute Gasteiger partial charge is 0.493 e. The zero-order chi connectivity index (χ0) is 24.1. The molecule has 0 unspecified atom stereocenters. The number of fused-ring (bicyclic) bond motifs is 1. The smallest absolute Gasteiger partial charge is 0.290 e. The van der Waals surface area contributed by atoms with E-state index >= 15 is 0 Å². The average Bonchev–Trinajstić information content (AvgIpc) is 3.33. The summed E-state index contributed by atoms with van der Waals surface area (Å²) in [5.41, 5.74) is 2.30. The molecule has 1 amide bonds. The number of nitrogens with zero attached hydrogens (tertiary/aromatic N) is 3. The maximum Gasteiger partial charge on any atom is 0.290 e. The van der Waals surface area contributed by atoms with Crippen molar-refractivity contribution in [1.82, 2.24) is 25.1 Å². The highest BCUT2D eigenvalue weighted by Gasteiger charge is 2.15. The number of H-pyrrole nitrogens is 1. The number of rotatable bonds is 9. The van der Waals surface area contributed by atoms with Gasteiger partial charge in [-0.3, -0.25) is 9.59 Å². The maximum absolute atomic E-state index is 12.4. The van der Waals surface area contributed by atoms with E-state index in [9.17, 15) is 9.59 Å². The van der Waals surface area contributed by atoms with E-state index in [4.69, 9.17) is 9.47 Å². The van der Waals surface area contributed by atoms with E-state index in [1.165, 1.54) is 21.2 Å². The van der Waals surface area contributed by atoms with E-state index < -0.39 is 0 Å². The predicted molar refractivity (Wildman–Crippen MR) is 133 cm³/mol. The number of benzene rings is 2. The van der Waals surface area contributed by atoms with Crippen molar-refractivity contribution in [2.24, 2.45) is 0 Å². The Bertz CT molecular complexity index is 1370. The zero-order valence-corrected chi connectivity index (χ0v) is 20.5. The van der Waals surface area contributed by atoms with Crippen LogP contribution in [-0.2, 0) is 11.3 Å². The summed E-state index contributed by atoms with van der Waals surface area (Å²) in [5, 5.41) is 14.4. The minimum Gasteiger partial charge on any atom is -0.493 e. The van der Waals surface area contributed by atoms with Gasteiger partial charge in [-0.25, -0.2) is 9.61 Å². The van der Waals surface area contributed by atoms with Crippen molar-refractivity contribution in [1.29, 1.82) is 0 Å². The Morgan fingerprint density at radius 1 is 1.09 bits per heavy atom. The fraction of sp³-hybridized carbons (Fsp3) is 0.217. The summed E-state index contributed by atoms with van der Waals surface area (Å²) >= 11 is 2.86. The van der Waals surface area contributed by atoms with Gasteiger partial charge in [-0.2, -0.15) is 5.10 Å². The van der Waals surface area contributed by atoms with Crippen LogP contribution in [0.5, 0.6) is 11.5 Å². The minimum absolute atomic E-state index is 0.128. The number of hydrogen-bond donors (Lipinski definition) is 2. The first kappa shape index (κ1) is 23.7. The van der Waals surface area contributed by atoms with Crippen LogP contribution in [0.2, 0.25) is 0 Å². The summed E-state index contributed by atoms with van der Waals surface area (Å²) in [6, 6.07) is 15.1. The number of aromatic nitrogens is 4. The molecule has 2 N–H and O–H groups in total. The maximum atomic E-state index is 12.4. The van der Waals surface area contributed by atoms with Gasteiger partial charge in [0.1, 0.15) is 5.52 Å². The fourth-order valence-electron chi connectivity index (χ4n) is 3.25. The van der Waals surface area contributed by atoms with Gasteiger partial charge in [-0.15, -0.1) is 16.9 Å². The van der Waals surface area contributed by atoms with E-state index in [0.717, 1.165) is 11.1 Å². The van der Waals surface area contributed by atoms with E-state index in [-0.39, 0.29) is 17.2 Å². The van der Waals surface area contributed by atoms with E-state index in [0.29, 0.717) is 34.4 Å². The molecular weight excluding hydrogens is 474 g/mol. The lowest BCUT2D eigenvalue weighted by molar-refractivity contribution is -0.118. The molecule has 0 fully saturated rings. The Labute approximate surface area is 204 Å². The molecule has 4 aromatic rings. The minimum atomic E-state index is -0.373. The number of ether oxygens (including phenoxy) is 2. The third-order valence-corrected chi connectivity index (χ3v) is 6.71. The van der Waals surface area contributed by atoms with Crippen molar-refractivity contribution in [2.45, 2.75) is 16.6 Å². The fourth-order valence-corrected chi connectivity index (χ4v) is 4.39. The van der Waals surface area contributed by atoms with Gasteiger partial charge in [0.2, 0.25) is 11.1 Å². The van der Waals surface area contributed by atoms with Gasteiger partial charge in [0.25, 0.3) is 5.56 Å². The molecule has 2 heterocycles. The van der Waals surface area contributed by atoms with Gasteiger partial charge in [-0.05, 0) is 48.2 Å². The molecule has 0 spiro atoms. The third-order valence-electron chi connectivity index (χ3n) is 5.04. The molecule has 9 nitrogen and oxygen atoms in total. The lowest BCUT2D eigenvalue weighted by Gasteiger charge is -2.08. The molecule has 0 saturated heterocycles. The molecular formula is C23H23N5O4S2. The molecule has 0 aliphatic carbocycles. The highest BCUT2D eigenvalue weighted by atomic mass is 32.2. The van der Waals surface area contributed by atoms with Gasteiger partial charge >= 0.3 is 0 Å². The van der Waals surface area contributed by atoms with Crippen LogP contribution in [0.4, 0.5) is 0 Å². The summed E-state index contributed by atoms with van der Waals surface area (Å²) in [4.78, 5) is 25.9. The van der Waals surface area contributed by atoms with Crippen LogP contribution >= 0.6 is 23.5 Å². The molecule has 0 atom stereocenters. The van der Waals surface area contributed by atoms with Crippen LogP contribution in [0, 0.1) is 0 Å². The van der Waals surface area contributed by atoms with E-state index in [1.54, 1.807) is 44.2 Å². The molecule has 0 bridgehead atoms. The SMILES string of the molecule is COc1ccc(-c2cc3c(=O)[nH]nc(SCC(=O)NCc4ccc(SC)cc4)n3n2)cc1OC. The number of methoxy groups -OCH3 is 2. The molecule has 0 saturated carbocycles. The number of carbonyl (C=O) groups excluding carboxylic acids is 1. The second kappa shape index (κ2) is 10.7. The Morgan fingerprint density at radius 3 is 2.56 bits per heavy atom. The number of nitrogens with one attached hydrogen (secondary N) is 2. The molecule has 34 heavy (non-hydrogen) atoms. The lowest BCUT2D eigenvalue weighted by atomic mass is 10.1. The molecule has 4 rings (SSSR count). The molecule has 0 radical (unpaired) electrons. The van der Waals surface area contributed by atoms with E-state index in [2.05, 4.69) is 20.6 Å². The predicted octanol–water partition coefficient (Wildman–Crippen LogP) is 3.23. The molecule has 11 heteroatoms. The van der Waals surface area contributed by atoms with Gasteiger partial charge in [0, 0.05) is 17.0 Å². The van der Waals surface area contributed by atoms with Crippen molar-refractivity contribution >= 4 is 34.9 Å². The summed E-state index contributed by atoms with van der Waals surface area (Å²) in [7, 11) is 3.12. The van der Waals surface area contributed by atoms with Crippen molar-refractivity contribution in [2.75, 3.05) is 26.2 Å². The van der Waals surface area contributed by atoms with Crippen LogP contribution in [0.25, 0.3) is 16.8 Å². The second-order valence-corrected chi connectivity index (χ2v) is 8.97. The van der Waals surface area contributed by atoms with Gasteiger partial charge in [0.05, 0.1) is 25.7 Å². The standard InChI is InChI=1S/C23H23N5O4S2/c1-31-19-9-6-15(10-20(19)32-2)17-11-18-22(30)25-26-23(28(18)27-17)34-13-21(29)24-12-14-4-7-16(33-3)8-5-14/h4-11H,12-13H2,1-3H3,(H,24,29)(H,25,30). The molecule has 2 aromatic heterocycles. The number of aromatic amines is 1. The van der Waals surface area contributed by atoms with Crippen LogP contribution in [0.15, 0.2) is 63.4 Å². The summed E-state index contributed by atoms with van der Waals surface area (Å²) in [6.07, 6.45) is 2.02. The lowest BCUT2D eigenvalue weighted by Crippen LogP contribution is -2.25. The second-order valence-electron chi connectivity index (χ2n) is 7.15. The third kappa shape index (κ3) is 5.20. The Morgan fingerprint density at radius 2 is 1.85 bits per heavy atom. The van der Waals surface area contributed by atoms with Crippen molar-refractivity contribution in [3.8, 4) is 22.8 Å². The van der Waals surface area contributed by atoms with Crippen molar-refractivity contribution in [3.63, 3.8) is 0 Å². The molecule has 0 aliphatic heterocycles. The summed E-state index contributed by atoms with van der Waals surface area (Å²) in [6.45, 7) is 0.438. The number of carbonyl (C=O) groups is 1.